The summed E-state index contributed by atoms with van der Waals surface area (Å²) in [4.78, 5) is 17.8. The Labute approximate surface area is 197 Å². The number of carbonyl (C=O) groups excluding carboxylic acids is 1. The number of hydrogen-bond acceptors (Lipinski definition) is 4. The lowest BCUT2D eigenvalue weighted by atomic mass is 9.55. The minimum Gasteiger partial charge on any atom is -0.508 e. The molecule has 2 aliphatic carbocycles. The molecule has 0 radical (unpaired) electrons. The van der Waals surface area contributed by atoms with Gasteiger partial charge in [0.2, 0.25) is 0 Å². The van der Waals surface area contributed by atoms with Crippen molar-refractivity contribution in [1.29, 1.82) is 0 Å². The van der Waals surface area contributed by atoms with Gasteiger partial charge in [0.15, 0.2) is 0 Å². The van der Waals surface area contributed by atoms with Crippen LogP contribution in [0, 0.1) is 5.92 Å². The molecule has 1 aliphatic heterocycles. The highest BCUT2D eigenvalue weighted by Crippen LogP contribution is 2.54. The number of amides is 1. The van der Waals surface area contributed by atoms with E-state index in [0.717, 1.165) is 62.4 Å². The Morgan fingerprint density at radius 3 is 2.61 bits per heavy atom. The topological polar surface area (TPSA) is 53.0 Å². The molecule has 1 saturated heterocycles. The summed E-state index contributed by atoms with van der Waals surface area (Å²) in [6.45, 7) is 3.11. The molecular weight excluding hydrogens is 412 g/mol. The minimum absolute atomic E-state index is 0.0720. The zero-order valence-corrected chi connectivity index (χ0v) is 19.9. The van der Waals surface area contributed by atoms with Crippen molar-refractivity contribution in [2.45, 2.75) is 55.6 Å². The van der Waals surface area contributed by atoms with E-state index >= 15 is 0 Å². The van der Waals surface area contributed by atoms with Crippen molar-refractivity contribution in [1.82, 2.24) is 9.80 Å². The van der Waals surface area contributed by atoms with Crippen molar-refractivity contribution in [3.8, 4) is 5.75 Å². The van der Waals surface area contributed by atoms with Gasteiger partial charge in [-0.25, -0.2) is 0 Å². The zero-order chi connectivity index (χ0) is 23.1. The number of phenols is 1. The SMILES string of the molecule is CO[C@]12CC[C@H](N(C)C(=O)c3ccccc3)C[C@]1(c1cccc(O)c1)CCN(CC1CC1)C2. The molecule has 0 unspecified atom stereocenters. The molecule has 1 heterocycles. The Morgan fingerprint density at radius 1 is 1.12 bits per heavy atom. The number of methoxy groups -OCH3 is 1. The van der Waals surface area contributed by atoms with Crippen LogP contribution in [0.5, 0.6) is 5.75 Å². The maximum absolute atomic E-state index is 13.3. The van der Waals surface area contributed by atoms with Gasteiger partial charge in [0, 0.05) is 44.3 Å². The van der Waals surface area contributed by atoms with Crippen LogP contribution in [-0.4, -0.2) is 66.2 Å². The third-order valence-electron chi connectivity index (χ3n) is 8.56. The quantitative estimate of drug-likeness (QED) is 0.709. The molecule has 5 rings (SSSR count). The summed E-state index contributed by atoms with van der Waals surface area (Å²) in [5, 5.41) is 10.4. The van der Waals surface area contributed by atoms with Gasteiger partial charge in [0.1, 0.15) is 5.75 Å². The number of piperidine rings is 1. The van der Waals surface area contributed by atoms with Crippen LogP contribution in [0.25, 0.3) is 0 Å². The Balaban J connectivity index is 1.48. The third kappa shape index (κ3) is 4.06. The predicted octanol–water partition coefficient (Wildman–Crippen LogP) is 4.46. The lowest BCUT2D eigenvalue weighted by molar-refractivity contribution is -0.153. The number of hydrogen-bond donors (Lipinski definition) is 1. The molecule has 176 valence electrons. The molecule has 3 fully saturated rings. The molecule has 1 amide bonds. The highest BCUT2D eigenvalue weighted by Gasteiger charge is 2.59. The summed E-state index contributed by atoms with van der Waals surface area (Å²) in [7, 11) is 3.80. The zero-order valence-electron chi connectivity index (χ0n) is 19.9. The van der Waals surface area contributed by atoms with E-state index in [4.69, 9.17) is 4.74 Å². The van der Waals surface area contributed by atoms with Crippen LogP contribution in [0.15, 0.2) is 54.6 Å². The lowest BCUT2D eigenvalue weighted by Gasteiger charge is -2.60. The molecule has 5 heteroatoms. The van der Waals surface area contributed by atoms with Crippen molar-refractivity contribution in [3.05, 3.63) is 65.7 Å². The Bertz CT molecular complexity index is 992. The smallest absolute Gasteiger partial charge is 0.253 e. The summed E-state index contributed by atoms with van der Waals surface area (Å²) >= 11 is 0. The van der Waals surface area contributed by atoms with Crippen LogP contribution in [-0.2, 0) is 10.2 Å². The van der Waals surface area contributed by atoms with Gasteiger partial charge in [0.25, 0.3) is 5.91 Å². The number of fused-ring (bicyclic) bond motifs is 1. The molecule has 2 aromatic rings. The van der Waals surface area contributed by atoms with E-state index in [0.29, 0.717) is 5.75 Å². The number of nitrogens with zero attached hydrogens (tertiary/aromatic N) is 2. The van der Waals surface area contributed by atoms with Gasteiger partial charge in [-0.2, -0.15) is 0 Å². The Kier molecular flexibility index (Phi) is 5.96. The van der Waals surface area contributed by atoms with E-state index in [1.165, 1.54) is 12.8 Å². The average Bonchev–Trinajstić information content (AvgIpc) is 3.67. The summed E-state index contributed by atoms with van der Waals surface area (Å²) in [5.41, 5.74) is 1.31. The van der Waals surface area contributed by atoms with Gasteiger partial charge in [-0.15, -0.1) is 0 Å². The van der Waals surface area contributed by atoms with Gasteiger partial charge in [-0.3, -0.25) is 4.79 Å². The normalized spacial score (nSPS) is 29.9. The van der Waals surface area contributed by atoms with Crippen molar-refractivity contribution < 1.29 is 14.6 Å². The van der Waals surface area contributed by atoms with Crippen LogP contribution in [0.4, 0.5) is 0 Å². The number of phenolic OH excluding ortho intramolecular Hbond substituents is 1. The van der Waals surface area contributed by atoms with E-state index in [1.807, 2.05) is 61.5 Å². The fraction of sp³-hybridized carbons (Fsp3) is 0.536. The van der Waals surface area contributed by atoms with Crippen LogP contribution < -0.4 is 0 Å². The fourth-order valence-corrected chi connectivity index (χ4v) is 6.47. The van der Waals surface area contributed by atoms with Crippen LogP contribution in [0.3, 0.4) is 0 Å². The maximum atomic E-state index is 13.3. The molecule has 2 aromatic carbocycles. The number of aromatic hydroxyl groups is 1. The van der Waals surface area contributed by atoms with Gasteiger partial charge < -0.3 is 19.6 Å². The van der Waals surface area contributed by atoms with Gasteiger partial charge in [-0.05, 0) is 80.8 Å². The van der Waals surface area contributed by atoms with E-state index < -0.39 is 0 Å². The van der Waals surface area contributed by atoms with Crippen molar-refractivity contribution in [2.24, 2.45) is 5.92 Å². The first-order valence-electron chi connectivity index (χ1n) is 12.4. The van der Waals surface area contributed by atoms with E-state index in [2.05, 4.69) is 11.0 Å². The molecule has 0 spiro atoms. The van der Waals surface area contributed by atoms with Gasteiger partial charge >= 0.3 is 0 Å². The molecule has 33 heavy (non-hydrogen) atoms. The van der Waals surface area contributed by atoms with Gasteiger partial charge in [-0.1, -0.05) is 30.3 Å². The van der Waals surface area contributed by atoms with Gasteiger partial charge in [0.05, 0.1) is 5.60 Å². The number of benzene rings is 2. The number of ether oxygens (including phenoxy) is 1. The number of rotatable bonds is 6. The first-order chi connectivity index (χ1) is 16.0. The highest BCUT2D eigenvalue weighted by atomic mass is 16.5. The Hall–Kier alpha value is -2.37. The molecule has 0 aromatic heterocycles. The molecule has 5 nitrogen and oxygen atoms in total. The summed E-state index contributed by atoms with van der Waals surface area (Å²) in [5.74, 6) is 1.21. The highest BCUT2D eigenvalue weighted by molar-refractivity contribution is 5.94. The number of likely N-dealkylation sites (tertiary alicyclic amines) is 1. The summed E-state index contributed by atoms with van der Waals surface area (Å²) in [6, 6.07) is 17.4. The first kappa shape index (κ1) is 22.4. The molecule has 2 saturated carbocycles. The van der Waals surface area contributed by atoms with Crippen LogP contribution in [0.2, 0.25) is 0 Å². The molecule has 0 bridgehead atoms. The molecule has 1 N–H and O–H groups in total. The minimum atomic E-state index is -0.318. The van der Waals surface area contributed by atoms with Crippen molar-refractivity contribution in [3.63, 3.8) is 0 Å². The Morgan fingerprint density at radius 2 is 1.91 bits per heavy atom. The predicted molar refractivity (Wildman–Crippen MR) is 129 cm³/mol. The molecular formula is C28H36N2O3. The van der Waals surface area contributed by atoms with Crippen LogP contribution in [0.1, 0.15) is 54.4 Å². The molecule has 3 aliphatic rings. The largest absolute Gasteiger partial charge is 0.508 e. The van der Waals surface area contributed by atoms with E-state index in [1.54, 1.807) is 6.07 Å². The van der Waals surface area contributed by atoms with E-state index in [-0.39, 0.29) is 23.0 Å². The van der Waals surface area contributed by atoms with Crippen molar-refractivity contribution in [2.75, 3.05) is 33.8 Å². The van der Waals surface area contributed by atoms with Crippen LogP contribution >= 0.6 is 0 Å². The standard InChI is InChI=1S/C28H36N2O3/c1-29(26(32)22-7-4-3-5-8-22)24-13-14-28(33-2)20-30(19-21-11-12-21)16-15-27(28,18-24)23-9-6-10-25(31)17-23/h3-10,17,21,24,31H,11-16,18-20H2,1-2H3/t24-,27-,28-/m0/s1. The molecule has 3 atom stereocenters. The summed E-state index contributed by atoms with van der Waals surface area (Å²) < 4.78 is 6.46. The third-order valence-corrected chi connectivity index (χ3v) is 8.56. The first-order valence-corrected chi connectivity index (χ1v) is 12.4. The fourth-order valence-electron chi connectivity index (χ4n) is 6.47. The van der Waals surface area contributed by atoms with E-state index in [9.17, 15) is 9.90 Å². The summed E-state index contributed by atoms with van der Waals surface area (Å²) in [6.07, 6.45) is 6.33. The number of carbonyl (C=O) groups is 1. The maximum Gasteiger partial charge on any atom is 0.253 e. The second-order valence-corrected chi connectivity index (χ2v) is 10.4. The monoisotopic (exact) mass is 448 g/mol. The van der Waals surface area contributed by atoms with Crippen molar-refractivity contribution >= 4 is 5.91 Å². The second kappa shape index (κ2) is 8.77. The second-order valence-electron chi connectivity index (χ2n) is 10.4. The average molecular weight is 449 g/mol. The lowest BCUT2D eigenvalue weighted by Crippen LogP contribution is -2.68.